The van der Waals surface area contributed by atoms with Gasteiger partial charge < -0.3 is 4.90 Å². The van der Waals surface area contributed by atoms with Gasteiger partial charge in [0.15, 0.2) is 0 Å². The van der Waals surface area contributed by atoms with Gasteiger partial charge in [-0.3, -0.25) is 0 Å². The summed E-state index contributed by atoms with van der Waals surface area (Å²) >= 11 is 5.90. The first-order valence-corrected chi connectivity index (χ1v) is 5.40. The van der Waals surface area contributed by atoms with E-state index < -0.39 is 0 Å². The smallest absolute Gasteiger partial charge is 0.107 e. The van der Waals surface area contributed by atoms with E-state index in [2.05, 4.69) is 18.8 Å². The monoisotopic (exact) mass is 224 g/mol. The molecule has 82 valence electrons. The maximum absolute atomic E-state index is 5.90. The minimum Gasteiger partial charge on any atom is -0.366 e. The van der Waals surface area contributed by atoms with E-state index in [-0.39, 0.29) is 0 Å². The molecule has 0 aliphatic heterocycles. The predicted molar refractivity (Wildman–Crippen MR) is 67.1 cm³/mol. The normalized spacial score (nSPS) is 12.0. The van der Waals surface area contributed by atoms with Gasteiger partial charge >= 0.3 is 0 Å². The Morgan fingerprint density at radius 2 is 2.00 bits per heavy atom. The molecule has 3 heteroatoms. The molecule has 0 bridgehead atoms. The molecule has 2 nitrogen and oxygen atoms in total. The van der Waals surface area contributed by atoms with Crippen molar-refractivity contribution in [2.24, 2.45) is 10.9 Å². The topological polar surface area (TPSA) is 15.6 Å². The summed E-state index contributed by atoms with van der Waals surface area (Å²) in [4.78, 5) is 6.61. The first kappa shape index (κ1) is 12.1. The zero-order valence-electron chi connectivity index (χ0n) is 9.66. The van der Waals surface area contributed by atoms with Gasteiger partial charge in [-0.2, -0.15) is 0 Å². The Bertz CT molecular complexity index is 346. The number of hydrogen-bond donors (Lipinski definition) is 0. The van der Waals surface area contributed by atoms with Crippen LogP contribution in [0, 0.1) is 5.92 Å². The third-order valence-electron chi connectivity index (χ3n) is 2.03. The Labute approximate surface area is 96.6 Å². The zero-order chi connectivity index (χ0) is 11.4. The summed E-state index contributed by atoms with van der Waals surface area (Å²) in [5, 5.41) is 0.720. The molecule has 15 heavy (non-hydrogen) atoms. The Balaban J connectivity index is 3.02. The lowest BCUT2D eigenvalue weighted by Gasteiger charge is -2.18. The van der Waals surface area contributed by atoms with Crippen molar-refractivity contribution in [3.05, 3.63) is 29.3 Å². The van der Waals surface area contributed by atoms with Gasteiger partial charge in [-0.1, -0.05) is 31.5 Å². The fourth-order valence-corrected chi connectivity index (χ4v) is 1.61. The van der Waals surface area contributed by atoms with Gasteiger partial charge in [0, 0.05) is 25.0 Å². The van der Waals surface area contributed by atoms with Crippen LogP contribution in [-0.4, -0.2) is 24.8 Å². The average Bonchev–Trinajstić information content (AvgIpc) is 2.13. The third-order valence-corrected chi connectivity index (χ3v) is 2.26. The van der Waals surface area contributed by atoms with Crippen molar-refractivity contribution in [2.75, 3.05) is 14.1 Å². The van der Waals surface area contributed by atoms with E-state index in [0.717, 1.165) is 16.5 Å². The van der Waals surface area contributed by atoms with Crippen molar-refractivity contribution in [3.63, 3.8) is 0 Å². The molecular formula is C12H17ClN2. The summed E-state index contributed by atoms with van der Waals surface area (Å²) in [6, 6.07) is 7.59. The summed E-state index contributed by atoms with van der Waals surface area (Å²) in [5.41, 5.74) is 0.903. The molecule has 0 saturated carbocycles. The van der Waals surface area contributed by atoms with Crippen LogP contribution >= 0.6 is 11.6 Å². The van der Waals surface area contributed by atoms with E-state index in [1.807, 2.05) is 43.3 Å². The standard InChI is InChI=1S/C12H17ClN2/c1-9(2)12(15(3)4)14-11-7-5-6-10(13)8-11/h5-9H,1-4H3. The van der Waals surface area contributed by atoms with E-state index >= 15 is 0 Å². The highest BCUT2D eigenvalue weighted by Crippen LogP contribution is 2.19. The maximum Gasteiger partial charge on any atom is 0.107 e. The van der Waals surface area contributed by atoms with Gasteiger partial charge in [-0.15, -0.1) is 0 Å². The number of halogens is 1. The number of hydrogen-bond acceptors (Lipinski definition) is 1. The number of rotatable bonds is 2. The molecule has 0 saturated heterocycles. The molecule has 0 fully saturated rings. The molecule has 0 amide bonds. The first-order valence-electron chi connectivity index (χ1n) is 5.02. The van der Waals surface area contributed by atoms with Crippen molar-refractivity contribution >= 4 is 23.1 Å². The summed E-state index contributed by atoms with van der Waals surface area (Å²) in [6.07, 6.45) is 0. The van der Waals surface area contributed by atoms with Crippen LogP contribution in [0.2, 0.25) is 5.02 Å². The lowest BCUT2D eigenvalue weighted by molar-refractivity contribution is 0.575. The Morgan fingerprint density at radius 3 is 2.47 bits per heavy atom. The molecule has 0 heterocycles. The van der Waals surface area contributed by atoms with Crippen LogP contribution in [0.1, 0.15) is 13.8 Å². The largest absolute Gasteiger partial charge is 0.366 e. The highest BCUT2D eigenvalue weighted by molar-refractivity contribution is 6.30. The average molecular weight is 225 g/mol. The minimum absolute atomic E-state index is 0.402. The molecule has 1 aromatic rings. The highest BCUT2D eigenvalue weighted by Gasteiger charge is 2.07. The maximum atomic E-state index is 5.90. The second-order valence-electron chi connectivity index (χ2n) is 4.00. The van der Waals surface area contributed by atoms with E-state index in [1.165, 1.54) is 0 Å². The molecule has 0 unspecified atom stereocenters. The number of aliphatic imine (C=N–C) groups is 1. The van der Waals surface area contributed by atoms with Gasteiger partial charge in [0.25, 0.3) is 0 Å². The minimum atomic E-state index is 0.402. The van der Waals surface area contributed by atoms with Crippen LogP contribution in [0.25, 0.3) is 0 Å². The van der Waals surface area contributed by atoms with Gasteiger partial charge in [-0.05, 0) is 18.2 Å². The van der Waals surface area contributed by atoms with E-state index in [9.17, 15) is 0 Å². The SMILES string of the molecule is CC(C)C(=Nc1cccc(Cl)c1)N(C)C. The van der Waals surface area contributed by atoms with Gasteiger partial charge in [-0.25, -0.2) is 4.99 Å². The van der Waals surface area contributed by atoms with Crippen molar-refractivity contribution in [1.29, 1.82) is 0 Å². The molecule has 0 N–H and O–H groups in total. The fourth-order valence-electron chi connectivity index (χ4n) is 1.42. The van der Waals surface area contributed by atoms with Crippen molar-refractivity contribution in [2.45, 2.75) is 13.8 Å². The molecular weight excluding hydrogens is 208 g/mol. The quantitative estimate of drug-likeness (QED) is 0.554. The number of nitrogens with zero attached hydrogens (tertiary/aromatic N) is 2. The molecule has 1 rings (SSSR count). The summed E-state index contributed by atoms with van der Waals surface area (Å²) in [7, 11) is 4.01. The lowest BCUT2D eigenvalue weighted by atomic mass is 10.2. The summed E-state index contributed by atoms with van der Waals surface area (Å²) in [6.45, 7) is 4.26. The van der Waals surface area contributed by atoms with E-state index in [1.54, 1.807) is 0 Å². The number of benzene rings is 1. The second kappa shape index (κ2) is 5.17. The van der Waals surface area contributed by atoms with Gasteiger partial charge in [0.05, 0.1) is 5.69 Å². The molecule has 0 spiro atoms. The van der Waals surface area contributed by atoms with Crippen molar-refractivity contribution in [3.8, 4) is 0 Å². The van der Waals surface area contributed by atoms with Gasteiger partial charge in [0.2, 0.25) is 0 Å². The molecule has 1 aromatic carbocycles. The summed E-state index contributed by atoms with van der Waals surface area (Å²) in [5.74, 6) is 1.45. The van der Waals surface area contributed by atoms with Crippen LogP contribution in [0.15, 0.2) is 29.3 Å². The second-order valence-corrected chi connectivity index (χ2v) is 4.44. The predicted octanol–water partition coefficient (Wildman–Crippen LogP) is 3.59. The van der Waals surface area contributed by atoms with E-state index in [0.29, 0.717) is 5.92 Å². The van der Waals surface area contributed by atoms with Gasteiger partial charge in [0.1, 0.15) is 5.84 Å². The Kier molecular flexibility index (Phi) is 4.15. The summed E-state index contributed by atoms with van der Waals surface area (Å²) < 4.78 is 0. The molecule has 0 radical (unpaired) electrons. The molecule has 0 atom stereocenters. The van der Waals surface area contributed by atoms with Crippen LogP contribution in [0.3, 0.4) is 0 Å². The van der Waals surface area contributed by atoms with Crippen LogP contribution in [-0.2, 0) is 0 Å². The first-order chi connectivity index (χ1) is 7.00. The molecule has 0 aliphatic rings. The number of amidine groups is 1. The molecule has 0 aliphatic carbocycles. The van der Waals surface area contributed by atoms with Crippen molar-refractivity contribution < 1.29 is 0 Å². The fraction of sp³-hybridized carbons (Fsp3) is 0.417. The van der Waals surface area contributed by atoms with Crippen LogP contribution in [0.4, 0.5) is 5.69 Å². The lowest BCUT2D eigenvalue weighted by Crippen LogP contribution is -2.26. The van der Waals surface area contributed by atoms with Crippen LogP contribution in [0.5, 0.6) is 0 Å². The Hall–Kier alpha value is -1.02. The molecule has 0 aromatic heterocycles. The third kappa shape index (κ3) is 3.56. The Morgan fingerprint density at radius 1 is 1.33 bits per heavy atom. The highest BCUT2D eigenvalue weighted by atomic mass is 35.5. The van der Waals surface area contributed by atoms with Crippen LogP contribution < -0.4 is 0 Å². The zero-order valence-corrected chi connectivity index (χ0v) is 10.4. The van der Waals surface area contributed by atoms with Crippen molar-refractivity contribution in [1.82, 2.24) is 4.90 Å². The van der Waals surface area contributed by atoms with E-state index in [4.69, 9.17) is 11.6 Å².